The van der Waals surface area contributed by atoms with Crippen LogP contribution >= 0.6 is 23.2 Å². The van der Waals surface area contributed by atoms with E-state index < -0.39 is 41.4 Å². The van der Waals surface area contributed by atoms with Crippen LogP contribution in [0, 0.1) is 5.82 Å². The SMILES string of the molecule is O=C(N[C@H](Cc1ccccc1Cl)[C@@H](O)C(=O)O)c1nn(Cc2ccc(Cl)cc2F)c(=O)[nH]1. The zero-order valence-electron chi connectivity index (χ0n) is 16.3. The Bertz CT molecular complexity index is 1210. The summed E-state index contributed by atoms with van der Waals surface area (Å²) in [5, 5.41) is 25.9. The normalized spacial score (nSPS) is 12.9. The molecule has 0 unspecified atom stereocenters. The number of aliphatic hydroxyl groups excluding tert-OH is 1. The maximum atomic E-state index is 14.0. The predicted molar refractivity (Wildman–Crippen MR) is 113 cm³/mol. The number of benzene rings is 2. The highest BCUT2D eigenvalue weighted by atomic mass is 35.5. The topological polar surface area (TPSA) is 137 Å². The van der Waals surface area contributed by atoms with Crippen molar-refractivity contribution in [2.75, 3.05) is 0 Å². The quantitative estimate of drug-likeness (QED) is 0.386. The first-order valence-electron chi connectivity index (χ1n) is 9.22. The van der Waals surface area contributed by atoms with Gasteiger partial charge in [-0.2, -0.15) is 0 Å². The highest BCUT2D eigenvalue weighted by Crippen LogP contribution is 2.18. The maximum Gasteiger partial charge on any atom is 0.344 e. The van der Waals surface area contributed by atoms with Gasteiger partial charge in [-0.15, -0.1) is 5.10 Å². The summed E-state index contributed by atoms with van der Waals surface area (Å²) in [6, 6.07) is 9.16. The lowest BCUT2D eigenvalue weighted by atomic mass is 10.0. The number of hydrogen-bond acceptors (Lipinski definition) is 5. The number of aromatic nitrogens is 3. The van der Waals surface area contributed by atoms with E-state index in [0.29, 0.717) is 10.6 Å². The van der Waals surface area contributed by atoms with Crippen LogP contribution in [-0.4, -0.2) is 49.0 Å². The molecule has 2 atom stereocenters. The molecule has 9 nitrogen and oxygen atoms in total. The predicted octanol–water partition coefficient (Wildman–Crippen LogP) is 1.85. The van der Waals surface area contributed by atoms with Gasteiger partial charge < -0.3 is 15.5 Å². The molecule has 12 heteroatoms. The fraction of sp³-hybridized carbons (Fsp3) is 0.200. The number of aliphatic hydroxyl groups is 1. The number of amides is 1. The van der Waals surface area contributed by atoms with Gasteiger partial charge in [0, 0.05) is 15.6 Å². The van der Waals surface area contributed by atoms with E-state index in [0.717, 1.165) is 10.7 Å². The van der Waals surface area contributed by atoms with Crippen molar-refractivity contribution in [3.63, 3.8) is 0 Å². The third-order valence-corrected chi connectivity index (χ3v) is 5.18. The summed E-state index contributed by atoms with van der Waals surface area (Å²) in [6.07, 6.45) is -2.05. The number of carboxylic acids is 1. The molecule has 3 rings (SSSR count). The van der Waals surface area contributed by atoms with Gasteiger partial charge in [-0.05, 0) is 30.2 Å². The van der Waals surface area contributed by atoms with E-state index >= 15 is 0 Å². The molecular formula is C20H17Cl2FN4O5. The number of carboxylic acid groups (broad SMARTS) is 1. The Kier molecular flexibility index (Phi) is 7.29. The molecule has 0 aliphatic rings. The molecule has 0 saturated heterocycles. The third kappa shape index (κ3) is 5.52. The van der Waals surface area contributed by atoms with E-state index in [1.807, 2.05) is 0 Å². The van der Waals surface area contributed by atoms with Crippen molar-refractivity contribution in [2.24, 2.45) is 0 Å². The smallest absolute Gasteiger partial charge is 0.344 e. The summed E-state index contributed by atoms with van der Waals surface area (Å²) >= 11 is 11.8. The molecule has 0 spiro atoms. The van der Waals surface area contributed by atoms with Crippen LogP contribution in [0.1, 0.15) is 21.7 Å². The molecule has 1 amide bonds. The van der Waals surface area contributed by atoms with Crippen LogP contribution in [0.3, 0.4) is 0 Å². The zero-order chi connectivity index (χ0) is 23.4. The Morgan fingerprint density at radius 1 is 1.19 bits per heavy atom. The lowest BCUT2D eigenvalue weighted by Crippen LogP contribution is -2.48. The van der Waals surface area contributed by atoms with Gasteiger partial charge in [0.15, 0.2) is 6.10 Å². The van der Waals surface area contributed by atoms with Crippen molar-refractivity contribution in [3.05, 3.63) is 85.8 Å². The van der Waals surface area contributed by atoms with E-state index in [-0.39, 0.29) is 23.6 Å². The highest BCUT2D eigenvalue weighted by molar-refractivity contribution is 6.31. The van der Waals surface area contributed by atoms with Crippen LogP contribution in [0.4, 0.5) is 4.39 Å². The van der Waals surface area contributed by atoms with Crippen molar-refractivity contribution in [1.29, 1.82) is 0 Å². The van der Waals surface area contributed by atoms with E-state index in [2.05, 4.69) is 15.4 Å². The molecule has 0 aliphatic carbocycles. The van der Waals surface area contributed by atoms with Gasteiger partial charge in [-0.1, -0.05) is 47.5 Å². The number of carbonyl (C=O) groups excluding carboxylic acids is 1. The molecule has 2 aromatic carbocycles. The van der Waals surface area contributed by atoms with Gasteiger partial charge in [-0.3, -0.25) is 9.78 Å². The van der Waals surface area contributed by atoms with E-state index in [9.17, 15) is 29.0 Å². The first-order chi connectivity index (χ1) is 15.2. The number of rotatable bonds is 8. The summed E-state index contributed by atoms with van der Waals surface area (Å²) in [5.41, 5.74) is -0.171. The first kappa shape index (κ1) is 23.5. The Balaban J connectivity index is 1.80. The van der Waals surface area contributed by atoms with Crippen LogP contribution in [0.15, 0.2) is 47.3 Å². The number of hydrogen-bond donors (Lipinski definition) is 4. The number of nitrogens with one attached hydrogen (secondary N) is 2. The fourth-order valence-electron chi connectivity index (χ4n) is 2.93. The molecule has 1 heterocycles. The van der Waals surface area contributed by atoms with Gasteiger partial charge >= 0.3 is 11.7 Å². The molecule has 0 aliphatic heterocycles. The molecule has 0 radical (unpaired) electrons. The first-order valence-corrected chi connectivity index (χ1v) is 9.97. The van der Waals surface area contributed by atoms with Crippen molar-refractivity contribution in [1.82, 2.24) is 20.1 Å². The van der Waals surface area contributed by atoms with Gasteiger partial charge in [0.25, 0.3) is 5.91 Å². The minimum Gasteiger partial charge on any atom is -0.479 e. The third-order valence-electron chi connectivity index (χ3n) is 4.58. The Hall–Kier alpha value is -3.21. The Morgan fingerprint density at radius 3 is 2.56 bits per heavy atom. The van der Waals surface area contributed by atoms with E-state index in [4.69, 9.17) is 23.2 Å². The molecule has 0 fully saturated rings. The second-order valence-electron chi connectivity index (χ2n) is 6.83. The van der Waals surface area contributed by atoms with Gasteiger partial charge in [-0.25, -0.2) is 18.7 Å². The highest BCUT2D eigenvalue weighted by Gasteiger charge is 2.29. The van der Waals surface area contributed by atoms with Crippen molar-refractivity contribution < 1.29 is 24.2 Å². The largest absolute Gasteiger partial charge is 0.479 e. The number of carbonyl (C=O) groups is 2. The van der Waals surface area contributed by atoms with Crippen molar-refractivity contribution >= 4 is 35.1 Å². The van der Waals surface area contributed by atoms with Crippen LogP contribution in [0.2, 0.25) is 10.0 Å². The zero-order valence-corrected chi connectivity index (χ0v) is 17.8. The Morgan fingerprint density at radius 2 is 1.91 bits per heavy atom. The summed E-state index contributed by atoms with van der Waals surface area (Å²) in [6.45, 7) is -0.271. The van der Waals surface area contributed by atoms with Crippen molar-refractivity contribution in [3.8, 4) is 0 Å². The van der Waals surface area contributed by atoms with E-state index in [1.165, 1.54) is 12.1 Å². The second kappa shape index (κ2) is 9.94. The van der Waals surface area contributed by atoms with Gasteiger partial charge in [0.2, 0.25) is 5.82 Å². The number of nitrogens with zero attached hydrogens (tertiary/aromatic N) is 2. The van der Waals surface area contributed by atoms with Crippen LogP contribution in [0.25, 0.3) is 0 Å². The number of H-pyrrole nitrogens is 1. The molecule has 0 saturated carbocycles. The summed E-state index contributed by atoms with van der Waals surface area (Å²) in [5.74, 6) is -3.58. The minimum atomic E-state index is -1.95. The lowest BCUT2D eigenvalue weighted by molar-refractivity contribution is -0.148. The second-order valence-corrected chi connectivity index (χ2v) is 7.67. The van der Waals surface area contributed by atoms with Crippen molar-refractivity contribution in [2.45, 2.75) is 25.1 Å². The Labute approximate surface area is 190 Å². The standard InChI is InChI=1S/C20H17Cl2FN4O5/c21-12-6-5-11(14(23)8-12)9-27-20(32)25-17(26-27)18(29)24-15(16(28)19(30)31)7-10-3-1-2-4-13(10)22/h1-6,8,15-16,28H,7,9H2,(H,24,29)(H,30,31)(H,25,26,32)/t15-,16-/m1/s1. The average Bonchev–Trinajstić information content (AvgIpc) is 3.11. The average molecular weight is 483 g/mol. The van der Waals surface area contributed by atoms with Gasteiger partial charge in [0.1, 0.15) is 5.82 Å². The number of halogens is 3. The molecule has 0 bridgehead atoms. The summed E-state index contributed by atoms with van der Waals surface area (Å²) in [7, 11) is 0. The molecule has 32 heavy (non-hydrogen) atoms. The molecule has 1 aromatic heterocycles. The van der Waals surface area contributed by atoms with Crippen LogP contribution in [-0.2, 0) is 17.8 Å². The van der Waals surface area contributed by atoms with Crippen LogP contribution in [0.5, 0.6) is 0 Å². The van der Waals surface area contributed by atoms with E-state index in [1.54, 1.807) is 24.3 Å². The lowest BCUT2D eigenvalue weighted by Gasteiger charge is -2.21. The minimum absolute atomic E-state index is 0.0974. The molecule has 3 aromatic rings. The monoisotopic (exact) mass is 482 g/mol. The maximum absolute atomic E-state index is 14.0. The van der Waals surface area contributed by atoms with Gasteiger partial charge in [0.05, 0.1) is 12.6 Å². The number of aliphatic carboxylic acids is 1. The summed E-state index contributed by atoms with van der Waals surface area (Å²) < 4.78 is 14.8. The fourth-order valence-corrected chi connectivity index (χ4v) is 3.30. The molecular weight excluding hydrogens is 466 g/mol. The number of aromatic amines is 1. The van der Waals surface area contributed by atoms with Crippen LogP contribution < -0.4 is 11.0 Å². The molecule has 4 N–H and O–H groups in total. The molecule has 168 valence electrons. The summed E-state index contributed by atoms with van der Waals surface area (Å²) in [4.78, 5) is 38.3.